The van der Waals surface area contributed by atoms with Gasteiger partial charge in [0.2, 0.25) is 0 Å². The molecule has 0 fully saturated rings. The molecule has 0 bridgehead atoms. The second-order valence-corrected chi connectivity index (χ2v) is 2.26. The Morgan fingerprint density at radius 1 is 1.62 bits per heavy atom. The van der Waals surface area contributed by atoms with Gasteiger partial charge in [0.15, 0.2) is 5.76 Å². The van der Waals surface area contributed by atoms with Crippen LogP contribution in [0, 0.1) is 0 Å². The van der Waals surface area contributed by atoms with Crippen LogP contribution in [-0.2, 0) is 14.3 Å². The minimum atomic E-state index is -0.800. The number of carbonyl (C=O) groups is 1. The lowest BCUT2D eigenvalue weighted by Crippen LogP contribution is -2.16. The summed E-state index contributed by atoms with van der Waals surface area (Å²) in [6.45, 7) is 8.59. The van der Waals surface area contributed by atoms with Gasteiger partial charge >= 0.3 is 5.97 Å². The second kappa shape index (κ2) is 6.25. The maximum absolute atomic E-state index is 10.9. The van der Waals surface area contributed by atoms with Gasteiger partial charge in [-0.1, -0.05) is 6.08 Å². The van der Waals surface area contributed by atoms with E-state index >= 15 is 0 Å². The average molecular weight is 186 g/mol. The van der Waals surface area contributed by atoms with Crippen LogP contribution in [0.15, 0.2) is 25.0 Å². The lowest BCUT2D eigenvalue weighted by Gasteiger charge is -2.09. The number of hydrogen-bond donors (Lipinski definition) is 1. The molecule has 0 spiro atoms. The Labute approximate surface area is 77.5 Å². The third kappa shape index (κ3) is 5.03. The van der Waals surface area contributed by atoms with Gasteiger partial charge in [-0.15, -0.1) is 6.58 Å². The maximum Gasteiger partial charge on any atom is 0.372 e. The van der Waals surface area contributed by atoms with E-state index < -0.39 is 12.1 Å². The van der Waals surface area contributed by atoms with Crippen molar-refractivity contribution in [3.05, 3.63) is 25.0 Å². The molecule has 4 nitrogen and oxygen atoms in total. The number of hydrogen-bond acceptors (Lipinski definition) is 4. The molecule has 1 N–H and O–H groups in total. The SMILES string of the molecule is C=CC(O)COC(=C)C(=O)OCC. The molecule has 1 unspecified atom stereocenters. The molecule has 74 valence electrons. The summed E-state index contributed by atoms with van der Waals surface area (Å²) in [4.78, 5) is 10.9. The van der Waals surface area contributed by atoms with Crippen LogP contribution < -0.4 is 0 Å². The van der Waals surface area contributed by atoms with Crippen LogP contribution in [0.4, 0.5) is 0 Å². The maximum atomic E-state index is 10.9. The van der Waals surface area contributed by atoms with Crippen molar-refractivity contribution >= 4 is 5.97 Å². The van der Waals surface area contributed by atoms with E-state index in [2.05, 4.69) is 17.9 Å². The molecule has 1 atom stereocenters. The highest BCUT2D eigenvalue weighted by Gasteiger charge is 2.09. The van der Waals surface area contributed by atoms with Gasteiger partial charge in [-0.3, -0.25) is 0 Å². The first-order valence-corrected chi connectivity index (χ1v) is 3.91. The first kappa shape index (κ1) is 11.7. The van der Waals surface area contributed by atoms with Crippen molar-refractivity contribution in [2.24, 2.45) is 0 Å². The van der Waals surface area contributed by atoms with Crippen molar-refractivity contribution in [3.63, 3.8) is 0 Å². The second-order valence-electron chi connectivity index (χ2n) is 2.26. The minimum Gasteiger partial charge on any atom is -0.484 e. The Morgan fingerprint density at radius 3 is 2.69 bits per heavy atom. The summed E-state index contributed by atoms with van der Waals surface area (Å²) in [5.74, 6) is -0.721. The van der Waals surface area contributed by atoms with Gasteiger partial charge < -0.3 is 14.6 Å². The highest BCUT2D eigenvalue weighted by Crippen LogP contribution is 1.99. The van der Waals surface area contributed by atoms with Gasteiger partial charge in [0.25, 0.3) is 0 Å². The third-order valence-corrected chi connectivity index (χ3v) is 1.20. The van der Waals surface area contributed by atoms with E-state index in [4.69, 9.17) is 9.84 Å². The Morgan fingerprint density at radius 2 is 2.23 bits per heavy atom. The van der Waals surface area contributed by atoms with Crippen molar-refractivity contribution in [3.8, 4) is 0 Å². The lowest BCUT2D eigenvalue weighted by atomic mass is 10.4. The average Bonchev–Trinajstić information content (AvgIpc) is 2.13. The fourth-order valence-electron chi connectivity index (χ4n) is 0.525. The summed E-state index contributed by atoms with van der Waals surface area (Å²) in [5.41, 5.74) is 0. The van der Waals surface area contributed by atoms with Crippen LogP contribution in [0.3, 0.4) is 0 Å². The van der Waals surface area contributed by atoms with Gasteiger partial charge in [-0.25, -0.2) is 4.79 Å². The summed E-state index contributed by atoms with van der Waals surface area (Å²) in [7, 11) is 0. The number of carbonyl (C=O) groups excluding carboxylic acids is 1. The molecule has 0 radical (unpaired) electrons. The molecule has 0 saturated carbocycles. The number of aliphatic hydroxyl groups excluding tert-OH is 1. The van der Waals surface area contributed by atoms with Crippen molar-refractivity contribution < 1.29 is 19.4 Å². The summed E-state index contributed by atoms with van der Waals surface area (Å²) < 4.78 is 9.42. The van der Waals surface area contributed by atoms with E-state index in [9.17, 15) is 4.79 Å². The van der Waals surface area contributed by atoms with Crippen LogP contribution >= 0.6 is 0 Å². The van der Waals surface area contributed by atoms with E-state index in [1.807, 2.05) is 0 Å². The van der Waals surface area contributed by atoms with Crippen LogP contribution in [0.5, 0.6) is 0 Å². The summed E-state index contributed by atoms with van der Waals surface area (Å²) in [6.07, 6.45) is 0.504. The van der Waals surface area contributed by atoms with Gasteiger partial charge in [0.1, 0.15) is 12.7 Å². The minimum absolute atomic E-state index is 0.0405. The van der Waals surface area contributed by atoms with Crippen LogP contribution in [0.2, 0.25) is 0 Å². The van der Waals surface area contributed by atoms with Gasteiger partial charge in [-0.2, -0.15) is 0 Å². The molecular weight excluding hydrogens is 172 g/mol. The standard InChI is InChI=1S/C9H14O4/c1-4-8(10)6-13-7(3)9(11)12-5-2/h4,8,10H,1,3,5-6H2,2H3. The van der Waals surface area contributed by atoms with Crippen molar-refractivity contribution in [1.29, 1.82) is 0 Å². The number of aliphatic hydroxyl groups is 1. The Hall–Kier alpha value is -1.29. The fraction of sp³-hybridized carbons (Fsp3) is 0.444. The highest BCUT2D eigenvalue weighted by atomic mass is 16.6. The van der Waals surface area contributed by atoms with E-state index in [-0.39, 0.29) is 19.0 Å². The molecule has 0 heterocycles. The number of ether oxygens (including phenoxy) is 2. The molecule has 0 rings (SSSR count). The zero-order chi connectivity index (χ0) is 10.3. The zero-order valence-corrected chi connectivity index (χ0v) is 7.66. The number of esters is 1. The molecule has 13 heavy (non-hydrogen) atoms. The molecule has 0 amide bonds. The largest absolute Gasteiger partial charge is 0.484 e. The van der Waals surface area contributed by atoms with Gasteiger partial charge in [0, 0.05) is 0 Å². The smallest absolute Gasteiger partial charge is 0.372 e. The normalized spacial score (nSPS) is 11.5. The third-order valence-electron chi connectivity index (χ3n) is 1.20. The zero-order valence-electron chi connectivity index (χ0n) is 7.66. The Bertz CT molecular complexity index is 198. The van der Waals surface area contributed by atoms with E-state index in [1.54, 1.807) is 6.92 Å². The molecule has 0 aliphatic carbocycles. The molecule has 0 aliphatic rings. The van der Waals surface area contributed by atoms with E-state index in [0.29, 0.717) is 0 Å². The molecule has 0 aromatic heterocycles. The van der Waals surface area contributed by atoms with Crippen molar-refractivity contribution in [2.45, 2.75) is 13.0 Å². The summed E-state index contributed by atoms with van der Waals surface area (Å²) in [5, 5.41) is 8.98. The Balaban J connectivity index is 3.74. The van der Waals surface area contributed by atoms with Gasteiger partial charge in [0.05, 0.1) is 6.61 Å². The lowest BCUT2D eigenvalue weighted by molar-refractivity contribution is -0.142. The monoisotopic (exact) mass is 186 g/mol. The Kier molecular flexibility index (Phi) is 5.63. The number of rotatable bonds is 6. The molecular formula is C9H14O4. The van der Waals surface area contributed by atoms with Crippen molar-refractivity contribution in [1.82, 2.24) is 0 Å². The molecule has 4 heteroatoms. The molecule has 0 aromatic carbocycles. The van der Waals surface area contributed by atoms with Gasteiger partial charge in [-0.05, 0) is 13.5 Å². The highest BCUT2D eigenvalue weighted by molar-refractivity contribution is 5.85. The predicted octanol–water partition coefficient (Wildman–Crippen LogP) is 0.627. The van der Waals surface area contributed by atoms with Crippen LogP contribution in [-0.4, -0.2) is 30.4 Å². The first-order chi connectivity index (χ1) is 6.11. The van der Waals surface area contributed by atoms with Crippen LogP contribution in [0.25, 0.3) is 0 Å². The quantitative estimate of drug-likeness (QED) is 0.286. The molecule has 0 saturated heterocycles. The molecule has 0 aromatic rings. The first-order valence-electron chi connectivity index (χ1n) is 3.91. The van der Waals surface area contributed by atoms with Crippen LogP contribution in [0.1, 0.15) is 6.92 Å². The molecule has 0 aliphatic heterocycles. The van der Waals surface area contributed by atoms with E-state index in [0.717, 1.165) is 0 Å². The van der Waals surface area contributed by atoms with E-state index in [1.165, 1.54) is 6.08 Å². The topological polar surface area (TPSA) is 55.8 Å². The summed E-state index contributed by atoms with van der Waals surface area (Å²) >= 11 is 0. The summed E-state index contributed by atoms with van der Waals surface area (Å²) in [6, 6.07) is 0. The fourth-order valence-corrected chi connectivity index (χ4v) is 0.525. The van der Waals surface area contributed by atoms with Crippen molar-refractivity contribution in [2.75, 3.05) is 13.2 Å². The predicted molar refractivity (Wildman–Crippen MR) is 47.9 cm³/mol.